The maximum Gasteiger partial charge on any atom is 0.321 e. The van der Waals surface area contributed by atoms with Crippen molar-refractivity contribution < 1.29 is 9.59 Å². The minimum Gasteiger partial charge on any atom is -0.368 e. The topological polar surface area (TPSA) is 90.5 Å². The summed E-state index contributed by atoms with van der Waals surface area (Å²) in [7, 11) is 0. The molecule has 31 heavy (non-hydrogen) atoms. The van der Waals surface area contributed by atoms with Gasteiger partial charge in [-0.25, -0.2) is 4.79 Å². The van der Waals surface area contributed by atoms with Crippen LogP contribution in [0.2, 0.25) is 0 Å². The molecule has 0 radical (unpaired) electrons. The standard InChI is InChI=1S/C21H28N6O2S2/c28-18(27-13-11-26(12-14-27)17-9-5-2-6-10-17)15-30-21-25-24-20(31-21)23-19(29)22-16-7-3-1-4-8-16/h2,5-6,9-10,16H,1,3-4,7-8,11-15H2,(H2,22,23,24,29). The number of anilines is 2. The van der Waals surface area contributed by atoms with Crippen LogP contribution in [0.5, 0.6) is 0 Å². The molecule has 2 aromatic rings. The molecule has 1 aliphatic carbocycles. The summed E-state index contributed by atoms with van der Waals surface area (Å²) in [5, 5.41) is 14.3. The second kappa shape index (κ2) is 10.8. The van der Waals surface area contributed by atoms with Crippen LogP contribution in [0.15, 0.2) is 34.7 Å². The van der Waals surface area contributed by atoms with Crippen molar-refractivity contribution >= 4 is 45.9 Å². The van der Waals surface area contributed by atoms with Gasteiger partial charge in [0.15, 0.2) is 4.34 Å². The molecular formula is C21H28N6O2S2. The Kier molecular flexibility index (Phi) is 7.63. The Morgan fingerprint density at radius 3 is 2.52 bits per heavy atom. The van der Waals surface area contributed by atoms with Gasteiger partial charge in [0.1, 0.15) is 0 Å². The lowest BCUT2D eigenvalue weighted by Gasteiger charge is -2.36. The Morgan fingerprint density at radius 2 is 1.77 bits per heavy atom. The van der Waals surface area contributed by atoms with E-state index >= 15 is 0 Å². The predicted molar refractivity (Wildman–Crippen MR) is 125 cm³/mol. The highest BCUT2D eigenvalue weighted by Gasteiger charge is 2.22. The van der Waals surface area contributed by atoms with Gasteiger partial charge in [-0.05, 0) is 25.0 Å². The summed E-state index contributed by atoms with van der Waals surface area (Å²) in [6.45, 7) is 3.11. The van der Waals surface area contributed by atoms with Crippen molar-refractivity contribution in [2.24, 2.45) is 0 Å². The largest absolute Gasteiger partial charge is 0.368 e. The van der Waals surface area contributed by atoms with Crippen molar-refractivity contribution in [3.8, 4) is 0 Å². The van der Waals surface area contributed by atoms with Crippen molar-refractivity contribution in [2.75, 3.05) is 42.1 Å². The first-order chi connectivity index (χ1) is 15.2. The maximum absolute atomic E-state index is 12.6. The Bertz CT molecular complexity index is 864. The number of hydrogen-bond donors (Lipinski definition) is 2. The first-order valence-electron chi connectivity index (χ1n) is 10.8. The van der Waals surface area contributed by atoms with Crippen LogP contribution < -0.4 is 15.5 Å². The first-order valence-corrected chi connectivity index (χ1v) is 12.6. The Balaban J connectivity index is 1.18. The van der Waals surface area contributed by atoms with Gasteiger partial charge in [0.05, 0.1) is 5.75 Å². The Labute approximate surface area is 190 Å². The van der Waals surface area contributed by atoms with Crippen LogP contribution in [0.3, 0.4) is 0 Å². The van der Waals surface area contributed by atoms with E-state index in [1.165, 1.54) is 48.0 Å². The monoisotopic (exact) mass is 460 g/mol. The molecule has 1 saturated carbocycles. The number of amides is 3. The van der Waals surface area contributed by atoms with Gasteiger partial charge in [0.2, 0.25) is 11.0 Å². The van der Waals surface area contributed by atoms with Crippen molar-refractivity contribution in [3.63, 3.8) is 0 Å². The average Bonchev–Trinajstić information content (AvgIpc) is 3.26. The molecule has 2 aliphatic rings. The number of nitrogens with one attached hydrogen (secondary N) is 2. The second-order valence-electron chi connectivity index (χ2n) is 7.80. The van der Waals surface area contributed by atoms with Gasteiger partial charge in [-0.2, -0.15) is 0 Å². The van der Waals surface area contributed by atoms with Crippen molar-refractivity contribution in [1.29, 1.82) is 0 Å². The van der Waals surface area contributed by atoms with E-state index < -0.39 is 0 Å². The van der Waals surface area contributed by atoms with Crippen molar-refractivity contribution in [1.82, 2.24) is 20.4 Å². The maximum atomic E-state index is 12.6. The molecule has 2 heterocycles. The Hall–Kier alpha value is -2.33. The van der Waals surface area contributed by atoms with Gasteiger partial charge in [-0.3, -0.25) is 10.1 Å². The number of carbonyl (C=O) groups excluding carboxylic acids is 2. The number of hydrogen-bond acceptors (Lipinski definition) is 7. The third-order valence-electron chi connectivity index (χ3n) is 5.64. The Morgan fingerprint density at radius 1 is 1.03 bits per heavy atom. The number of thioether (sulfide) groups is 1. The minimum absolute atomic E-state index is 0.109. The number of nitrogens with zero attached hydrogens (tertiary/aromatic N) is 4. The molecule has 1 aliphatic heterocycles. The van der Waals surface area contributed by atoms with E-state index in [1.807, 2.05) is 23.1 Å². The number of urea groups is 1. The fourth-order valence-electron chi connectivity index (χ4n) is 3.95. The lowest BCUT2D eigenvalue weighted by Crippen LogP contribution is -2.49. The van der Waals surface area contributed by atoms with Crippen LogP contribution in [-0.4, -0.2) is 65.0 Å². The van der Waals surface area contributed by atoms with E-state index in [0.717, 1.165) is 39.0 Å². The summed E-state index contributed by atoms with van der Waals surface area (Å²) >= 11 is 2.67. The minimum atomic E-state index is -0.230. The van der Waals surface area contributed by atoms with Crippen LogP contribution in [0, 0.1) is 0 Å². The summed E-state index contributed by atoms with van der Waals surface area (Å²) in [4.78, 5) is 28.9. The summed E-state index contributed by atoms with van der Waals surface area (Å²) in [6.07, 6.45) is 5.65. The second-order valence-corrected chi connectivity index (χ2v) is 10.00. The van der Waals surface area contributed by atoms with Gasteiger partial charge in [0.25, 0.3) is 0 Å². The fraction of sp³-hybridized carbons (Fsp3) is 0.524. The number of carbonyl (C=O) groups is 2. The molecule has 2 N–H and O–H groups in total. The van der Waals surface area contributed by atoms with E-state index in [2.05, 4.69) is 37.9 Å². The number of piperazine rings is 1. The van der Waals surface area contributed by atoms with E-state index in [-0.39, 0.29) is 18.0 Å². The van der Waals surface area contributed by atoms with Crippen molar-refractivity contribution in [2.45, 2.75) is 42.5 Å². The molecule has 0 spiro atoms. The molecule has 3 amide bonds. The van der Waals surface area contributed by atoms with Crippen LogP contribution in [0.25, 0.3) is 0 Å². The molecule has 1 saturated heterocycles. The van der Waals surface area contributed by atoms with E-state index in [9.17, 15) is 9.59 Å². The summed E-state index contributed by atoms with van der Waals surface area (Å²) < 4.78 is 0.684. The molecule has 10 heteroatoms. The lowest BCUT2D eigenvalue weighted by molar-refractivity contribution is -0.128. The SMILES string of the molecule is O=C(Nc1nnc(SCC(=O)N2CCN(c3ccccc3)CC2)s1)NC1CCCCC1. The molecule has 2 fully saturated rings. The molecule has 0 unspecified atom stereocenters. The van der Waals surface area contributed by atoms with Gasteiger partial charge >= 0.3 is 6.03 Å². The molecule has 166 valence electrons. The average molecular weight is 461 g/mol. The predicted octanol–water partition coefficient (Wildman–Crippen LogP) is 3.43. The van der Waals surface area contributed by atoms with Crippen LogP contribution in [-0.2, 0) is 4.79 Å². The fourth-order valence-corrected chi connectivity index (χ4v) is 5.60. The van der Waals surface area contributed by atoms with Crippen LogP contribution in [0.4, 0.5) is 15.6 Å². The van der Waals surface area contributed by atoms with Gasteiger partial charge in [0, 0.05) is 37.9 Å². The molecule has 0 atom stereocenters. The number of para-hydroxylation sites is 1. The molecule has 0 bridgehead atoms. The molecule has 8 nitrogen and oxygen atoms in total. The highest BCUT2D eigenvalue weighted by Crippen LogP contribution is 2.26. The van der Waals surface area contributed by atoms with Gasteiger partial charge in [-0.1, -0.05) is 60.6 Å². The van der Waals surface area contributed by atoms with Crippen LogP contribution in [0.1, 0.15) is 32.1 Å². The molecule has 4 rings (SSSR count). The molecule has 1 aromatic carbocycles. The number of rotatable bonds is 6. The van der Waals surface area contributed by atoms with Gasteiger partial charge in [-0.15, -0.1) is 10.2 Å². The zero-order chi connectivity index (χ0) is 21.5. The highest BCUT2D eigenvalue weighted by atomic mass is 32.2. The number of aromatic nitrogens is 2. The van der Waals surface area contributed by atoms with E-state index in [1.54, 1.807) is 0 Å². The number of benzene rings is 1. The normalized spacial score (nSPS) is 17.4. The zero-order valence-electron chi connectivity index (χ0n) is 17.5. The van der Waals surface area contributed by atoms with Crippen LogP contribution >= 0.6 is 23.1 Å². The highest BCUT2D eigenvalue weighted by molar-refractivity contribution is 8.01. The van der Waals surface area contributed by atoms with Gasteiger partial charge < -0.3 is 15.1 Å². The smallest absolute Gasteiger partial charge is 0.321 e. The third-order valence-corrected chi connectivity index (χ3v) is 7.60. The zero-order valence-corrected chi connectivity index (χ0v) is 19.1. The van der Waals surface area contributed by atoms with Crippen molar-refractivity contribution in [3.05, 3.63) is 30.3 Å². The quantitative estimate of drug-likeness (QED) is 0.507. The first kappa shape index (κ1) is 21.9. The summed E-state index contributed by atoms with van der Waals surface area (Å²) in [5.74, 6) is 0.436. The van der Waals surface area contributed by atoms with E-state index in [4.69, 9.17) is 0 Å². The summed E-state index contributed by atoms with van der Waals surface area (Å²) in [6, 6.07) is 10.3. The summed E-state index contributed by atoms with van der Waals surface area (Å²) in [5.41, 5.74) is 1.20. The molecule has 1 aromatic heterocycles. The van der Waals surface area contributed by atoms with E-state index in [0.29, 0.717) is 15.2 Å². The third kappa shape index (κ3) is 6.33. The molecular weight excluding hydrogens is 432 g/mol. The lowest BCUT2D eigenvalue weighted by atomic mass is 9.96.